The summed E-state index contributed by atoms with van der Waals surface area (Å²) in [5.74, 6) is 0.0740. The number of hydrogen-bond donors (Lipinski definition) is 2. The number of carbonyl (C=O) groups excluding carboxylic acids is 1. The highest BCUT2D eigenvalue weighted by Crippen LogP contribution is 2.25. The standard InChI is InChI=1S/C13H10Cl2N6O/c1-21-6-9(15)10(20-21)12(22)17-13-16-11(18-19-13)7-4-2-3-5-8(7)14/h2-6H,1H3,(H2,16,17,18,19,22). The molecule has 22 heavy (non-hydrogen) atoms. The molecule has 0 aliphatic heterocycles. The monoisotopic (exact) mass is 336 g/mol. The first kappa shape index (κ1) is 14.6. The smallest absolute Gasteiger partial charge is 0.280 e. The lowest BCUT2D eigenvalue weighted by Gasteiger charge is -1.98. The molecule has 0 atom stereocenters. The lowest BCUT2D eigenvalue weighted by atomic mass is 10.2. The van der Waals surface area contributed by atoms with E-state index in [2.05, 4.69) is 25.6 Å². The fourth-order valence-electron chi connectivity index (χ4n) is 1.87. The number of amides is 1. The second-order valence-corrected chi connectivity index (χ2v) is 5.26. The number of hydrogen-bond acceptors (Lipinski definition) is 4. The molecule has 0 spiro atoms. The Bertz CT molecular complexity index is 841. The molecule has 0 unspecified atom stereocenters. The van der Waals surface area contributed by atoms with Crippen molar-refractivity contribution in [2.24, 2.45) is 7.05 Å². The second kappa shape index (κ2) is 5.78. The maximum absolute atomic E-state index is 12.1. The summed E-state index contributed by atoms with van der Waals surface area (Å²) >= 11 is 12.0. The van der Waals surface area contributed by atoms with Gasteiger partial charge in [-0.2, -0.15) is 10.1 Å². The van der Waals surface area contributed by atoms with Crippen LogP contribution in [0, 0.1) is 0 Å². The van der Waals surface area contributed by atoms with Crippen LogP contribution in [0.5, 0.6) is 0 Å². The number of H-pyrrole nitrogens is 1. The molecule has 112 valence electrons. The molecule has 0 saturated carbocycles. The topological polar surface area (TPSA) is 88.5 Å². The molecule has 1 aromatic carbocycles. The molecular weight excluding hydrogens is 327 g/mol. The van der Waals surface area contributed by atoms with Gasteiger partial charge < -0.3 is 0 Å². The van der Waals surface area contributed by atoms with E-state index in [4.69, 9.17) is 23.2 Å². The van der Waals surface area contributed by atoms with E-state index in [0.717, 1.165) is 0 Å². The maximum Gasteiger partial charge on any atom is 0.280 e. The number of nitrogens with zero attached hydrogens (tertiary/aromatic N) is 4. The van der Waals surface area contributed by atoms with Gasteiger partial charge in [-0.1, -0.05) is 35.3 Å². The van der Waals surface area contributed by atoms with Crippen LogP contribution in [0.2, 0.25) is 10.0 Å². The average Bonchev–Trinajstić information content (AvgIpc) is 3.06. The number of halogens is 2. The summed E-state index contributed by atoms with van der Waals surface area (Å²) in [6, 6.07) is 7.18. The summed E-state index contributed by atoms with van der Waals surface area (Å²) in [5.41, 5.74) is 0.793. The van der Waals surface area contributed by atoms with Crippen LogP contribution < -0.4 is 5.32 Å². The Morgan fingerprint density at radius 3 is 2.73 bits per heavy atom. The molecule has 7 nitrogen and oxygen atoms in total. The van der Waals surface area contributed by atoms with Crippen LogP contribution >= 0.6 is 23.2 Å². The van der Waals surface area contributed by atoms with Gasteiger partial charge in [0.2, 0.25) is 5.95 Å². The molecule has 0 radical (unpaired) electrons. The van der Waals surface area contributed by atoms with E-state index in [1.807, 2.05) is 12.1 Å². The van der Waals surface area contributed by atoms with Crippen LogP contribution in [0.25, 0.3) is 11.4 Å². The third-order valence-electron chi connectivity index (χ3n) is 2.84. The summed E-state index contributed by atoms with van der Waals surface area (Å²) in [7, 11) is 1.67. The Morgan fingerprint density at radius 1 is 1.27 bits per heavy atom. The molecule has 3 rings (SSSR count). The van der Waals surface area contributed by atoms with Crippen LogP contribution in [0.4, 0.5) is 5.95 Å². The summed E-state index contributed by atoms with van der Waals surface area (Å²) in [5, 5.41) is 13.9. The van der Waals surface area contributed by atoms with Crippen LogP contribution in [-0.2, 0) is 7.05 Å². The van der Waals surface area contributed by atoms with Crippen LogP contribution in [0.15, 0.2) is 30.5 Å². The highest BCUT2D eigenvalue weighted by Gasteiger charge is 2.17. The summed E-state index contributed by atoms with van der Waals surface area (Å²) in [4.78, 5) is 16.3. The van der Waals surface area contributed by atoms with E-state index in [0.29, 0.717) is 16.4 Å². The van der Waals surface area contributed by atoms with Gasteiger partial charge in [-0.05, 0) is 12.1 Å². The van der Waals surface area contributed by atoms with Gasteiger partial charge in [-0.15, -0.1) is 5.10 Å². The zero-order valence-corrected chi connectivity index (χ0v) is 12.9. The van der Waals surface area contributed by atoms with E-state index < -0.39 is 5.91 Å². The zero-order valence-electron chi connectivity index (χ0n) is 11.3. The van der Waals surface area contributed by atoms with E-state index >= 15 is 0 Å². The Labute approximate surface area is 135 Å². The SMILES string of the molecule is Cn1cc(Cl)c(C(=O)Nc2n[nH]c(-c3ccccc3Cl)n2)n1. The fraction of sp³-hybridized carbons (Fsp3) is 0.0769. The summed E-state index contributed by atoms with van der Waals surface area (Å²) in [6.45, 7) is 0. The van der Waals surface area contributed by atoms with Crippen molar-refractivity contribution >= 4 is 35.1 Å². The number of carbonyl (C=O) groups is 1. The molecule has 3 aromatic rings. The van der Waals surface area contributed by atoms with Crippen molar-refractivity contribution < 1.29 is 4.79 Å². The molecule has 2 N–H and O–H groups in total. The van der Waals surface area contributed by atoms with Crippen molar-refractivity contribution in [1.82, 2.24) is 25.0 Å². The van der Waals surface area contributed by atoms with E-state index in [1.165, 1.54) is 10.9 Å². The zero-order chi connectivity index (χ0) is 15.7. The second-order valence-electron chi connectivity index (χ2n) is 4.44. The number of nitrogens with one attached hydrogen (secondary N) is 2. The van der Waals surface area contributed by atoms with Crippen molar-refractivity contribution in [3.05, 3.63) is 46.2 Å². The van der Waals surface area contributed by atoms with Crippen LogP contribution in [-0.4, -0.2) is 30.9 Å². The molecule has 2 aromatic heterocycles. The fourth-order valence-corrected chi connectivity index (χ4v) is 2.36. The largest absolute Gasteiger partial charge is 0.288 e. The summed E-state index contributed by atoms with van der Waals surface area (Å²) < 4.78 is 1.45. The van der Waals surface area contributed by atoms with E-state index in [9.17, 15) is 4.79 Å². The minimum Gasteiger partial charge on any atom is -0.288 e. The quantitative estimate of drug-likeness (QED) is 0.769. The third-order valence-corrected chi connectivity index (χ3v) is 3.45. The van der Waals surface area contributed by atoms with Gasteiger partial charge in [-0.3, -0.25) is 19.9 Å². The van der Waals surface area contributed by atoms with Crippen molar-refractivity contribution in [3.63, 3.8) is 0 Å². The maximum atomic E-state index is 12.1. The van der Waals surface area contributed by atoms with Crippen molar-refractivity contribution in [1.29, 1.82) is 0 Å². The van der Waals surface area contributed by atoms with Crippen LogP contribution in [0.3, 0.4) is 0 Å². The predicted molar refractivity (Wildman–Crippen MR) is 83.0 cm³/mol. The molecule has 0 fully saturated rings. The number of anilines is 1. The van der Waals surface area contributed by atoms with Gasteiger partial charge in [0.05, 0.1) is 10.0 Å². The molecule has 9 heteroatoms. The van der Waals surface area contributed by atoms with Gasteiger partial charge in [0, 0.05) is 18.8 Å². The number of aromatic amines is 1. The molecule has 0 aliphatic carbocycles. The lowest BCUT2D eigenvalue weighted by Crippen LogP contribution is -2.14. The van der Waals surface area contributed by atoms with Gasteiger partial charge in [-0.25, -0.2) is 0 Å². The number of aryl methyl sites for hydroxylation is 1. The average molecular weight is 337 g/mol. The molecular formula is C13H10Cl2N6O. The van der Waals surface area contributed by atoms with Gasteiger partial charge >= 0.3 is 0 Å². The van der Waals surface area contributed by atoms with Crippen molar-refractivity contribution in [2.75, 3.05) is 5.32 Å². The number of aromatic nitrogens is 5. The Kier molecular flexibility index (Phi) is 3.82. The van der Waals surface area contributed by atoms with Crippen molar-refractivity contribution in [2.45, 2.75) is 0 Å². The van der Waals surface area contributed by atoms with Crippen molar-refractivity contribution in [3.8, 4) is 11.4 Å². The Hall–Kier alpha value is -2.38. The molecule has 0 bridgehead atoms. The highest BCUT2D eigenvalue weighted by molar-refractivity contribution is 6.34. The Morgan fingerprint density at radius 2 is 2.05 bits per heavy atom. The lowest BCUT2D eigenvalue weighted by molar-refractivity contribution is 0.102. The Balaban J connectivity index is 1.82. The van der Waals surface area contributed by atoms with E-state index in [1.54, 1.807) is 19.2 Å². The summed E-state index contributed by atoms with van der Waals surface area (Å²) in [6.07, 6.45) is 1.53. The number of rotatable bonds is 3. The van der Waals surface area contributed by atoms with Gasteiger partial charge in [0.15, 0.2) is 11.5 Å². The molecule has 1 amide bonds. The first-order valence-electron chi connectivity index (χ1n) is 6.22. The third kappa shape index (κ3) is 2.81. The van der Waals surface area contributed by atoms with Crippen LogP contribution in [0.1, 0.15) is 10.5 Å². The van der Waals surface area contributed by atoms with Gasteiger partial charge in [0.1, 0.15) is 0 Å². The molecule has 0 aliphatic rings. The molecule has 0 saturated heterocycles. The first-order valence-corrected chi connectivity index (χ1v) is 6.98. The minimum atomic E-state index is -0.490. The minimum absolute atomic E-state index is 0.105. The van der Waals surface area contributed by atoms with Gasteiger partial charge in [0.25, 0.3) is 5.91 Å². The van der Waals surface area contributed by atoms with E-state index in [-0.39, 0.29) is 16.7 Å². The highest BCUT2D eigenvalue weighted by atomic mass is 35.5. The molecule has 2 heterocycles. The predicted octanol–water partition coefficient (Wildman–Crippen LogP) is 2.76. The normalized spacial score (nSPS) is 10.7. The number of benzene rings is 1. The first-order chi connectivity index (χ1) is 10.5.